The minimum atomic E-state index is -0.478. The van der Waals surface area contributed by atoms with Gasteiger partial charge in [0.05, 0.1) is 159 Å². The molecule has 0 aromatic heterocycles. The van der Waals surface area contributed by atoms with Gasteiger partial charge in [-0.05, 0) is 6.42 Å². The van der Waals surface area contributed by atoms with Crippen LogP contribution >= 0.6 is 0 Å². The van der Waals surface area contributed by atoms with E-state index in [1.807, 2.05) is 0 Å². The smallest absolute Gasteiger partial charge is 0.305 e. The van der Waals surface area contributed by atoms with Gasteiger partial charge in [0.2, 0.25) is 0 Å². The van der Waals surface area contributed by atoms with Gasteiger partial charge in [0.1, 0.15) is 13.3 Å². The van der Waals surface area contributed by atoms with Crippen molar-refractivity contribution in [1.29, 1.82) is 0 Å². The van der Waals surface area contributed by atoms with E-state index in [0.717, 1.165) is 19.3 Å². The maximum atomic E-state index is 11.8. The van der Waals surface area contributed by atoms with E-state index in [2.05, 4.69) is 6.92 Å². The van der Waals surface area contributed by atoms with Crippen LogP contribution in [0.15, 0.2) is 0 Å². The van der Waals surface area contributed by atoms with Crippen molar-refractivity contribution in [2.24, 2.45) is 0 Å². The second-order valence-electron chi connectivity index (χ2n) is 9.72. The average Bonchev–Trinajstić information content (AvgIpc) is 3.08. The fraction of sp³-hybridized carbons (Fsp3) is 0.969. The Morgan fingerprint density at radius 1 is 0.362 bits per heavy atom. The van der Waals surface area contributed by atoms with Crippen molar-refractivity contribution in [3.63, 3.8) is 0 Å². The third-order valence-electron chi connectivity index (χ3n) is 5.79. The molecule has 0 heterocycles. The Hall–Kier alpha value is -1.08. The Balaban J connectivity index is 3.07. The van der Waals surface area contributed by atoms with E-state index in [9.17, 15) is 9.18 Å². The van der Waals surface area contributed by atoms with Crippen molar-refractivity contribution in [2.45, 2.75) is 32.6 Å². The molecule has 0 aromatic rings. The number of halogens is 1. The second-order valence-corrected chi connectivity index (χ2v) is 9.72. The number of esters is 1. The van der Waals surface area contributed by atoms with Crippen LogP contribution in [0.5, 0.6) is 0 Å². The van der Waals surface area contributed by atoms with E-state index in [4.69, 9.17) is 61.6 Å². The predicted molar refractivity (Wildman–Crippen MR) is 171 cm³/mol. The molecule has 0 aliphatic rings. The summed E-state index contributed by atoms with van der Waals surface area (Å²) in [6.45, 7) is 12.9. The lowest BCUT2D eigenvalue weighted by atomic mass is 10.2. The number of carbonyl (C=O) groups excluding carboxylic acids is 1. The molecule has 15 heteroatoms. The molecule has 0 unspecified atom stereocenters. The van der Waals surface area contributed by atoms with E-state index in [-0.39, 0.29) is 19.2 Å². The second kappa shape index (κ2) is 42.9. The van der Waals surface area contributed by atoms with Gasteiger partial charge in [0, 0.05) is 6.42 Å². The molecule has 0 bridgehead atoms. The predicted octanol–water partition coefficient (Wildman–Crippen LogP) is 2.28. The first-order valence-corrected chi connectivity index (χ1v) is 17.0. The third-order valence-corrected chi connectivity index (χ3v) is 5.79. The number of unbranched alkanes of at least 4 members (excludes halogenated alkanes) is 2. The summed E-state index contributed by atoms with van der Waals surface area (Å²) in [6.07, 6.45) is 3.48. The van der Waals surface area contributed by atoms with E-state index >= 15 is 0 Å². The normalized spacial score (nSPS) is 11.4. The highest BCUT2D eigenvalue weighted by Crippen LogP contribution is 2.00. The maximum Gasteiger partial charge on any atom is 0.305 e. The van der Waals surface area contributed by atoms with E-state index < -0.39 is 6.67 Å². The first-order chi connectivity index (χ1) is 23.3. The van der Waals surface area contributed by atoms with Crippen LogP contribution in [0.3, 0.4) is 0 Å². The number of hydrogen-bond donors (Lipinski definition) is 0. The van der Waals surface area contributed by atoms with Crippen LogP contribution in [0.25, 0.3) is 0 Å². The summed E-state index contributed by atoms with van der Waals surface area (Å²) >= 11 is 0. The molecule has 0 rings (SSSR count). The molecule has 0 aliphatic carbocycles. The molecule has 14 nitrogen and oxygen atoms in total. The van der Waals surface area contributed by atoms with Gasteiger partial charge >= 0.3 is 5.97 Å². The van der Waals surface area contributed by atoms with Crippen LogP contribution in [0.1, 0.15) is 32.6 Å². The van der Waals surface area contributed by atoms with Gasteiger partial charge in [-0.15, -0.1) is 0 Å². The molecule has 47 heavy (non-hydrogen) atoms. The van der Waals surface area contributed by atoms with Gasteiger partial charge in [-0.25, -0.2) is 4.39 Å². The van der Waals surface area contributed by atoms with Gasteiger partial charge < -0.3 is 61.6 Å². The summed E-state index contributed by atoms with van der Waals surface area (Å²) in [5, 5.41) is 0. The average molecular weight is 691 g/mol. The quantitative estimate of drug-likeness (QED) is 0.0684. The number of alkyl halides is 1. The lowest BCUT2D eigenvalue weighted by Gasteiger charge is -2.09. The Morgan fingerprint density at radius 3 is 0.830 bits per heavy atom. The molecular weight excluding hydrogens is 627 g/mol. The minimum Gasteiger partial charge on any atom is -0.463 e. The molecule has 0 spiro atoms. The van der Waals surface area contributed by atoms with Gasteiger partial charge in [-0.3, -0.25) is 4.79 Å². The Labute approximate surface area is 281 Å². The van der Waals surface area contributed by atoms with E-state index in [1.165, 1.54) is 0 Å². The fourth-order valence-electron chi connectivity index (χ4n) is 3.38. The number of carbonyl (C=O) groups is 1. The van der Waals surface area contributed by atoms with Gasteiger partial charge in [0.25, 0.3) is 0 Å². The monoisotopic (exact) mass is 690 g/mol. The molecule has 0 saturated carbocycles. The van der Waals surface area contributed by atoms with Crippen molar-refractivity contribution < 1.29 is 70.8 Å². The lowest BCUT2D eigenvalue weighted by Crippen LogP contribution is -2.15. The zero-order valence-electron chi connectivity index (χ0n) is 28.8. The number of ether oxygens (including phenoxy) is 13. The Kier molecular flexibility index (Phi) is 42.0. The highest BCUT2D eigenvalue weighted by atomic mass is 19.1. The van der Waals surface area contributed by atoms with E-state index in [1.54, 1.807) is 0 Å². The lowest BCUT2D eigenvalue weighted by molar-refractivity contribution is -0.145. The van der Waals surface area contributed by atoms with E-state index in [0.29, 0.717) is 158 Å². The summed E-state index contributed by atoms with van der Waals surface area (Å²) in [6, 6.07) is 0. The van der Waals surface area contributed by atoms with Crippen LogP contribution in [-0.2, 0) is 66.4 Å². The molecule has 0 amide bonds. The van der Waals surface area contributed by atoms with Crippen LogP contribution in [-0.4, -0.2) is 178 Å². The maximum absolute atomic E-state index is 11.8. The van der Waals surface area contributed by atoms with Crippen molar-refractivity contribution in [3.8, 4) is 0 Å². The summed E-state index contributed by atoms with van der Waals surface area (Å²) in [4.78, 5) is 11.5. The Bertz CT molecular complexity index is 594. The molecule has 0 N–H and O–H groups in total. The third kappa shape index (κ3) is 42.9. The number of rotatable bonds is 42. The van der Waals surface area contributed by atoms with Gasteiger partial charge in [0.15, 0.2) is 0 Å². The van der Waals surface area contributed by atoms with Gasteiger partial charge in [-0.1, -0.05) is 19.8 Å². The van der Waals surface area contributed by atoms with Crippen molar-refractivity contribution in [2.75, 3.05) is 172 Å². The molecule has 0 aromatic carbocycles. The first-order valence-electron chi connectivity index (χ1n) is 17.0. The zero-order chi connectivity index (χ0) is 34.0. The molecule has 0 saturated heterocycles. The largest absolute Gasteiger partial charge is 0.463 e. The molecule has 282 valence electrons. The molecule has 0 atom stereocenters. The zero-order valence-corrected chi connectivity index (χ0v) is 28.8. The Morgan fingerprint density at radius 2 is 0.596 bits per heavy atom. The van der Waals surface area contributed by atoms with Crippen LogP contribution < -0.4 is 0 Å². The standard InChI is InChI=1S/C32H63FO14/c1-2-3-4-5-32(34)47-31-30-46-29-28-45-27-26-44-25-24-43-23-22-42-21-20-41-19-18-40-17-16-39-15-14-38-13-12-37-11-10-36-9-8-35-7-6-33/h2-31H2,1H3. The van der Waals surface area contributed by atoms with Crippen LogP contribution in [0, 0.1) is 0 Å². The summed E-state index contributed by atoms with van der Waals surface area (Å²) in [7, 11) is 0. The molecule has 0 radical (unpaired) electrons. The van der Waals surface area contributed by atoms with Crippen molar-refractivity contribution in [3.05, 3.63) is 0 Å². The highest BCUT2D eigenvalue weighted by Gasteiger charge is 2.02. The summed E-state index contributed by atoms with van der Waals surface area (Å²) in [5.74, 6) is -0.163. The number of hydrogen-bond acceptors (Lipinski definition) is 14. The summed E-state index contributed by atoms with van der Waals surface area (Å²) in [5.41, 5.74) is 0. The van der Waals surface area contributed by atoms with Crippen molar-refractivity contribution in [1.82, 2.24) is 0 Å². The topological polar surface area (TPSA) is 137 Å². The molecular formula is C32H63FO14. The minimum absolute atomic E-state index is 0.110. The molecule has 0 fully saturated rings. The fourth-order valence-corrected chi connectivity index (χ4v) is 3.38. The molecule has 0 aliphatic heterocycles. The summed E-state index contributed by atoms with van der Waals surface area (Å²) < 4.78 is 81.5. The first kappa shape index (κ1) is 45.9. The highest BCUT2D eigenvalue weighted by molar-refractivity contribution is 5.69. The van der Waals surface area contributed by atoms with Gasteiger partial charge in [-0.2, -0.15) is 0 Å². The SMILES string of the molecule is CCCCCC(=O)OCCOCCOCCOCCOCCOCCOCCOCCOCCOCCOCCOCCOCCF. The van der Waals surface area contributed by atoms with Crippen LogP contribution in [0.4, 0.5) is 4.39 Å². The van der Waals surface area contributed by atoms with Crippen LogP contribution in [0.2, 0.25) is 0 Å². The van der Waals surface area contributed by atoms with Crippen molar-refractivity contribution >= 4 is 5.97 Å².